The second-order valence-electron chi connectivity index (χ2n) is 3.90. The van der Waals surface area contributed by atoms with Crippen molar-refractivity contribution in [3.8, 4) is 0 Å². The summed E-state index contributed by atoms with van der Waals surface area (Å²) in [5.74, 6) is 0. The number of hydrogen-bond acceptors (Lipinski definition) is 4. The molecule has 0 radical (unpaired) electrons. The van der Waals surface area contributed by atoms with Gasteiger partial charge in [0.15, 0.2) is 0 Å². The molecule has 1 fully saturated rings. The van der Waals surface area contributed by atoms with E-state index in [4.69, 9.17) is 5.73 Å². The van der Waals surface area contributed by atoms with Gasteiger partial charge in [-0.2, -0.15) is 0 Å². The summed E-state index contributed by atoms with van der Waals surface area (Å²) in [6.45, 7) is 1.66. The third-order valence-corrected chi connectivity index (χ3v) is 2.75. The third kappa shape index (κ3) is 2.49. The zero-order chi connectivity index (χ0) is 10.7. The van der Waals surface area contributed by atoms with E-state index < -0.39 is 6.17 Å². The molecule has 0 unspecified atom stereocenters. The molecule has 2 rings (SSSR count). The standard InChI is InChI=1S/C10H15FN4/c11-9-1-10(2-12)15(6-9)5-8-3-13-7-14-4-8/h3-4,7,9-10H,1-2,5-6,12H2/t9-,10+/m0/s1. The first-order valence-electron chi connectivity index (χ1n) is 5.11. The maximum absolute atomic E-state index is 13.2. The summed E-state index contributed by atoms with van der Waals surface area (Å²) in [5.41, 5.74) is 6.61. The van der Waals surface area contributed by atoms with Gasteiger partial charge in [0.2, 0.25) is 0 Å². The van der Waals surface area contributed by atoms with Crippen LogP contribution < -0.4 is 5.73 Å². The number of rotatable bonds is 3. The number of nitrogens with zero attached hydrogens (tertiary/aromatic N) is 3. The molecule has 1 aromatic heterocycles. The number of likely N-dealkylation sites (tertiary alicyclic amines) is 1. The van der Waals surface area contributed by atoms with E-state index in [1.807, 2.05) is 0 Å². The highest BCUT2D eigenvalue weighted by Gasteiger charge is 2.30. The first-order chi connectivity index (χ1) is 7.29. The van der Waals surface area contributed by atoms with E-state index in [0.717, 1.165) is 5.56 Å². The molecule has 0 spiro atoms. The van der Waals surface area contributed by atoms with Gasteiger partial charge < -0.3 is 5.73 Å². The predicted octanol–water partition coefficient (Wildman–Crippen LogP) is 0.348. The topological polar surface area (TPSA) is 55.0 Å². The molecule has 2 heterocycles. The predicted molar refractivity (Wildman–Crippen MR) is 54.8 cm³/mol. The van der Waals surface area contributed by atoms with Crippen LogP contribution in [0.3, 0.4) is 0 Å². The molecule has 5 heteroatoms. The normalized spacial score (nSPS) is 27.1. The minimum Gasteiger partial charge on any atom is -0.329 e. The monoisotopic (exact) mass is 210 g/mol. The first-order valence-corrected chi connectivity index (χ1v) is 5.11. The molecular formula is C10H15FN4. The summed E-state index contributed by atoms with van der Waals surface area (Å²) in [6.07, 6.45) is 4.80. The van der Waals surface area contributed by atoms with Crippen molar-refractivity contribution in [3.05, 3.63) is 24.3 Å². The average molecular weight is 210 g/mol. The summed E-state index contributed by atoms with van der Waals surface area (Å²) in [4.78, 5) is 9.93. The van der Waals surface area contributed by atoms with Gasteiger partial charge in [-0.1, -0.05) is 0 Å². The number of nitrogens with two attached hydrogens (primary N) is 1. The van der Waals surface area contributed by atoms with Gasteiger partial charge in [0.05, 0.1) is 0 Å². The molecule has 1 aromatic rings. The largest absolute Gasteiger partial charge is 0.329 e. The molecule has 0 amide bonds. The molecule has 0 aromatic carbocycles. The highest BCUT2D eigenvalue weighted by Crippen LogP contribution is 2.21. The Bertz CT molecular complexity index is 306. The lowest BCUT2D eigenvalue weighted by Crippen LogP contribution is -2.34. The molecule has 4 nitrogen and oxygen atoms in total. The molecular weight excluding hydrogens is 195 g/mol. The summed E-state index contributed by atoms with van der Waals surface area (Å²) in [6, 6.07) is 0.153. The van der Waals surface area contributed by atoms with Gasteiger partial charge in [0.25, 0.3) is 0 Å². The van der Waals surface area contributed by atoms with Crippen LogP contribution in [-0.2, 0) is 6.54 Å². The molecule has 1 aliphatic heterocycles. The van der Waals surface area contributed by atoms with E-state index in [0.29, 0.717) is 26.1 Å². The van der Waals surface area contributed by atoms with Crippen LogP contribution >= 0.6 is 0 Å². The number of hydrogen-bond donors (Lipinski definition) is 1. The van der Waals surface area contributed by atoms with Gasteiger partial charge in [-0.25, -0.2) is 14.4 Å². The van der Waals surface area contributed by atoms with Gasteiger partial charge in [-0.3, -0.25) is 4.90 Å². The van der Waals surface area contributed by atoms with E-state index in [2.05, 4.69) is 14.9 Å². The van der Waals surface area contributed by atoms with Crippen LogP contribution in [0, 0.1) is 0 Å². The van der Waals surface area contributed by atoms with E-state index in [-0.39, 0.29) is 6.04 Å². The fraction of sp³-hybridized carbons (Fsp3) is 0.600. The molecule has 0 bridgehead atoms. The Hall–Kier alpha value is -1.07. The molecule has 82 valence electrons. The van der Waals surface area contributed by atoms with E-state index in [1.54, 1.807) is 12.4 Å². The quantitative estimate of drug-likeness (QED) is 0.782. The lowest BCUT2D eigenvalue weighted by atomic mass is 10.2. The van der Waals surface area contributed by atoms with Crippen molar-refractivity contribution < 1.29 is 4.39 Å². The Labute approximate surface area is 88.3 Å². The number of alkyl halides is 1. The maximum Gasteiger partial charge on any atom is 0.115 e. The Balaban J connectivity index is 2.00. The maximum atomic E-state index is 13.2. The highest BCUT2D eigenvalue weighted by molar-refractivity contribution is 5.03. The molecule has 0 saturated carbocycles. The van der Waals surface area contributed by atoms with Crippen molar-refractivity contribution in [1.29, 1.82) is 0 Å². The Morgan fingerprint density at radius 3 is 2.87 bits per heavy atom. The van der Waals surface area contributed by atoms with Crippen molar-refractivity contribution in [3.63, 3.8) is 0 Å². The zero-order valence-electron chi connectivity index (χ0n) is 8.51. The van der Waals surface area contributed by atoms with Gasteiger partial charge in [0, 0.05) is 43.6 Å². The van der Waals surface area contributed by atoms with Crippen molar-refractivity contribution in [2.45, 2.75) is 25.2 Å². The molecule has 2 N–H and O–H groups in total. The van der Waals surface area contributed by atoms with Crippen molar-refractivity contribution in [1.82, 2.24) is 14.9 Å². The van der Waals surface area contributed by atoms with Crippen LogP contribution in [0.2, 0.25) is 0 Å². The number of halogens is 1. The van der Waals surface area contributed by atoms with Crippen molar-refractivity contribution in [2.75, 3.05) is 13.1 Å². The van der Waals surface area contributed by atoms with Crippen LogP contribution in [0.15, 0.2) is 18.7 Å². The Morgan fingerprint density at radius 1 is 1.47 bits per heavy atom. The summed E-state index contributed by atoms with van der Waals surface area (Å²) < 4.78 is 13.2. The fourth-order valence-electron chi connectivity index (χ4n) is 2.01. The zero-order valence-corrected chi connectivity index (χ0v) is 8.51. The second-order valence-corrected chi connectivity index (χ2v) is 3.90. The van der Waals surface area contributed by atoms with Gasteiger partial charge in [-0.15, -0.1) is 0 Å². The Morgan fingerprint density at radius 2 is 2.20 bits per heavy atom. The molecule has 15 heavy (non-hydrogen) atoms. The van der Waals surface area contributed by atoms with Crippen LogP contribution in [0.1, 0.15) is 12.0 Å². The molecule has 0 aliphatic carbocycles. The lowest BCUT2D eigenvalue weighted by molar-refractivity contribution is 0.238. The highest BCUT2D eigenvalue weighted by atomic mass is 19.1. The minimum atomic E-state index is -0.747. The van der Waals surface area contributed by atoms with Gasteiger partial charge in [-0.05, 0) is 6.42 Å². The Kier molecular flexibility index (Phi) is 3.23. The average Bonchev–Trinajstić information content (AvgIpc) is 2.60. The lowest BCUT2D eigenvalue weighted by Gasteiger charge is -2.22. The molecule has 2 atom stereocenters. The van der Waals surface area contributed by atoms with Crippen LogP contribution in [0.25, 0.3) is 0 Å². The first kappa shape index (κ1) is 10.4. The van der Waals surface area contributed by atoms with E-state index in [9.17, 15) is 4.39 Å². The summed E-state index contributed by atoms with van der Waals surface area (Å²) in [7, 11) is 0. The third-order valence-electron chi connectivity index (χ3n) is 2.75. The summed E-state index contributed by atoms with van der Waals surface area (Å²) in [5, 5.41) is 0. The number of aromatic nitrogens is 2. The smallest absolute Gasteiger partial charge is 0.115 e. The van der Waals surface area contributed by atoms with Crippen molar-refractivity contribution in [2.24, 2.45) is 5.73 Å². The van der Waals surface area contributed by atoms with Crippen LogP contribution in [-0.4, -0.2) is 40.2 Å². The van der Waals surface area contributed by atoms with Gasteiger partial charge in [0.1, 0.15) is 12.5 Å². The summed E-state index contributed by atoms with van der Waals surface area (Å²) >= 11 is 0. The SMILES string of the molecule is NC[C@H]1C[C@H](F)CN1Cc1cncnc1. The van der Waals surface area contributed by atoms with E-state index >= 15 is 0 Å². The second kappa shape index (κ2) is 4.63. The van der Waals surface area contributed by atoms with Crippen LogP contribution in [0.5, 0.6) is 0 Å². The molecule has 1 aliphatic rings. The minimum absolute atomic E-state index is 0.153. The van der Waals surface area contributed by atoms with Crippen LogP contribution in [0.4, 0.5) is 4.39 Å². The fourth-order valence-corrected chi connectivity index (χ4v) is 2.01. The molecule has 1 saturated heterocycles. The van der Waals surface area contributed by atoms with E-state index in [1.165, 1.54) is 6.33 Å². The van der Waals surface area contributed by atoms with Gasteiger partial charge >= 0.3 is 0 Å². The van der Waals surface area contributed by atoms with Crippen molar-refractivity contribution >= 4 is 0 Å².